The van der Waals surface area contributed by atoms with Crippen molar-refractivity contribution in [2.45, 2.75) is 38.3 Å². The maximum Gasteiger partial charge on any atom is 0.274 e. The molecule has 19 heavy (non-hydrogen) atoms. The van der Waals surface area contributed by atoms with Gasteiger partial charge in [-0.15, -0.1) is 0 Å². The first-order valence-corrected chi connectivity index (χ1v) is 6.75. The number of carbonyl (C=O) groups excluding carboxylic acids is 1. The van der Waals surface area contributed by atoms with Crippen molar-refractivity contribution < 1.29 is 9.90 Å². The highest BCUT2D eigenvalue weighted by Crippen LogP contribution is 2.22. The van der Waals surface area contributed by atoms with Gasteiger partial charge in [-0.2, -0.15) is 0 Å². The molecule has 0 radical (unpaired) electrons. The molecule has 2 heterocycles. The molecule has 1 aliphatic heterocycles. The van der Waals surface area contributed by atoms with Crippen molar-refractivity contribution in [1.82, 2.24) is 14.5 Å². The summed E-state index contributed by atoms with van der Waals surface area (Å²) in [5.74, 6) is -0.0616. The first-order chi connectivity index (χ1) is 9.02. The third-order valence-electron chi connectivity index (χ3n) is 3.59. The van der Waals surface area contributed by atoms with Crippen molar-refractivity contribution in [3.05, 3.63) is 18.2 Å². The number of rotatable bonds is 3. The highest BCUT2D eigenvalue weighted by molar-refractivity contribution is 5.92. The van der Waals surface area contributed by atoms with Gasteiger partial charge in [-0.05, 0) is 26.2 Å². The Morgan fingerprint density at radius 3 is 3.05 bits per heavy atom. The van der Waals surface area contributed by atoms with Crippen LogP contribution in [0.25, 0.3) is 0 Å². The topological polar surface area (TPSA) is 84.4 Å². The second-order valence-corrected chi connectivity index (χ2v) is 5.43. The van der Waals surface area contributed by atoms with Gasteiger partial charge in [0.2, 0.25) is 0 Å². The number of imidazole rings is 1. The van der Waals surface area contributed by atoms with E-state index in [1.807, 2.05) is 11.5 Å². The summed E-state index contributed by atoms with van der Waals surface area (Å²) in [5.41, 5.74) is 5.26. The molecule has 2 rings (SSSR count). The van der Waals surface area contributed by atoms with Crippen LogP contribution in [0, 0.1) is 0 Å². The molecule has 3 N–H and O–H groups in total. The van der Waals surface area contributed by atoms with Crippen molar-refractivity contribution in [1.29, 1.82) is 0 Å². The first kappa shape index (κ1) is 14.0. The van der Waals surface area contributed by atoms with Crippen LogP contribution in [0.3, 0.4) is 0 Å². The minimum absolute atomic E-state index is 0.0616. The summed E-state index contributed by atoms with van der Waals surface area (Å²) in [6, 6.07) is 0. The van der Waals surface area contributed by atoms with Crippen LogP contribution in [0.1, 0.15) is 36.7 Å². The van der Waals surface area contributed by atoms with E-state index in [0.29, 0.717) is 38.3 Å². The summed E-state index contributed by atoms with van der Waals surface area (Å²) >= 11 is 0. The number of likely N-dealkylation sites (tertiary alicyclic amines) is 1. The largest absolute Gasteiger partial charge is 0.390 e. The molecule has 0 spiro atoms. The smallest absolute Gasteiger partial charge is 0.274 e. The molecule has 0 saturated carbocycles. The zero-order chi connectivity index (χ0) is 13.9. The van der Waals surface area contributed by atoms with Crippen molar-refractivity contribution in [2.75, 3.05) is 19.6 Å². The lowest BCUT2D eigenvalue weighted by atomic mass is 9.98. The van der Waals surface area contributed by atoms with Crippen LogP contribution in [0.15, 0.2) is 12.5 Å². The summed E-state index contributed by atoms with van der Waals surface area (Å²) in [6.07, 6.45) is 5.54. The van der Waals surface area contributed by atoms with Crippen molar-refractivity contribution in [2.24, 2.45) is 5.73 Å². The van der Waals surface area contributed by atoms with Gasteiger partial charge in [0.1, 0.15) is 5.69 Å². The molecule has 1 aromatic rings. The average Bonchev–Trinajstić information content (AvgIpc) is 2.74. The van der Waals surface area contributed by atoms with Gasteiger partial charge in [-0.25, -0.2) is 4.98 Å². The number of amides is 1. The quantitative estimate of drug-likeness (QED) is 0.819. The molecule has 1 atom stereocenters. The Labute approximate surface area is 113 Å². The Balaban J connectivity index is 2.02. The SMILES string of the molecule is CC1(O)CCCN(C(=O)c2cn(CCN)cn2)CC1. The molecule has 1 aliphatic rings. The minimum atomic E-state index is -0.659. The minimum Gasteiger partial charge on any atom is -0.390 e. The molecule has 0 aromatic carbocycles. The van der Waals surface area contributed by atoms with Gasteiger partial charge in [-0.3, -0.25) is 4.79 Å². The van der Waals surface area contributed by atoms with Gasteiger partial charge in [0.25, 0.3) is 5.91 Å². The van der Waals surface area contributed by atoms with Crippen LogP contribution in [0.2, 0.25) is 0 Å². The first-order valence-electron chi connectivity index (χ1n) is 6.75. The lowest BCUT2D eigenvalue weighted by Crippen LogP contribution is -2.33. The van der Waals surface area contributed by atoms with Gasteiger partial charge in [0.15, 0.2) is 0 Å². The second-order valence-electron chi connectivity index (χ2n) is 5.43. The molecule has 1 saturated heterocycles. The molecular weight excluding hydrogens is 244 g/mol. The Morgan fingerprint density at radius 1 is 1.53 bits per heavy atom. The van der Waals surface area contributed by atoms with Crippen molar-refractivity contribution >= 4 is 5.91 Å². The Hall–Kier alpha value is -1.40. The maximum atomic E-state index is 12.3. The molecule has 1 unspecified atom stereocenters. The van der Waals surface area contributed by atoms with Crippen LogP contribution < -0.4 is 5.73 Å². The molecule has 106 valence electrons. The van der Waals surface area contributed by atoms with E-state index in [-0.39, 0.29) is 5.91 Å². The molecule has 1 fully saturated rings. The molecule has 1 amide bonds. The van der Waals surface area contributed by atoms with Gasteiger partial charge < -0.3 is 20.3 Å². The highest BCUT2D eigenvalue weighted by Gasteiger charge is 2.28. The lowest BCUT2D eigenvalue weighted by Gasteiger charge is -2.22. The fourth-order valence-electron chi connectivity index (χ4n) is 2.37. The van der Waals surface area contributed by atoms with Crippen LogP contribution in [0.5, 0.6) is 0 Å². The number of carbonyl (C=O) groups is 1. The van der Waals surface area contributed by atoms with E-state index in [2.05, 4.69) is 4.98 Å². The van der Waals surface area contributed by atoms with Crippen LogP contribution in [-0.2, 0) is 6.54 Å². The second kappa shape index (κ2) is 5.71. The molecule has 0 aliphatic carbocycles. The average molecular weight is 266 g/mol. The fraction of sp³-hybridized carbons (Fsp3) is 0.692. The standard InChI is InChI=1S/C13H22N4O2/c1-13(19)3-2-6-17(7-4-13)12(18)11-9-16(8-5-14)10-15-11/h9-10,19H,2-8,14H2,1H3. The van der Waals surface area contributed by atoms with E-state index in [4.69, 9.17) is 5.73 Å². The summed E-state index contributed by atoms with van der Waals surface area (Å²) in [5, 5.41) is 10.0. The van der Waals surface area contributed by atoms with Crippen molar-refractivity contribution in [3.8, 4) is 0 Å². The lowest BCUT2D eigenvalue weighted by molar-refractivity contribution is 0.0437. The number of aromatic nitrogens is 2. The van der Waals surface area contributed by atoms with Gasteiger partial charge in [0, 0.05) is 32.4 Å². The van der Waals surface area contributed by atoms with Crippen LogP contribution in [-0.4, -0.2) is 50.7 Å². The Kier molecular flexibility index (Phi) is 4.21. The van der Waals surface area contributed by atoms with E-state index >= 15 is 0 Å². The number of nitrogens with two attached hydrogens (primary N) is 1. The predicted molar refractivity (Wildman–Crippen MR) is 71.7 cm³/mol. The van der Waals surface area contributed by atoms with E-state index in [1.54, 1.807) is 17.4 Å². The molecule has 0 bridgehead atoms. The fourth-order valence-corrected chi connectivity index (χ4v) is 2.37. The van der Waals surface area contributed by atoms with E-state index in [0.717, 1.165) is 12.8 Å². The summed E-state index contributed by atoms with van der Waals surface area (Å²) in [4.78, 5) is 18.2. The normalized spacial score (nSPS) is 24.3. The van der Waals surface area contributed by atoms with Gasteiger partial charge in [-0.1, -0.05) is 0 Å². The highest BCUT2D eigenvalue weighted by atomic mass is 16.3. The zero-order valence-corrected chi connectivity index (χ0v) is 11.4. The third kappa shape index (κ3) is 3.54. The Bertz CT molecular complexity index is 442. The van der Waals surface area contributed by atoms with E-state index in [1.165, 1.54) is 0 Å². The van der Waals surface area contributed by atoms with E-state index in [9.17, 15) is 9.90 Å². The van der Waals surface area contributed by atoms with Crippen LogP contribution in [0.4, 0.5) is 0 Å². The molecule has 6 nitrogen and oxygen atoms in total. The summed E-state index contributed by atoms with van der Waals surface area (Å²) in [6.45, 7) is 4.27. The van der Waals surface area contributed by atoms with Crippen LogP contribution >= 0.6 is 0 Å². The molecule has 6 heteroatoms. The zero-order valence-electron chi connectivity index (χ0n) is 11.4. The monoisotopic (exact) mass is 266 g/mol. The molecule has 1 aromatic heterocycles. The van der Waals surface area contributed by atoms with Gasteiger partial charge >= 0.3 is 0 Å². The summed E-state index contributed by atoms with van der Waals surface area (Å²) < 4.78 is 1.82. The number of nitrogens with zero attached hydrogens (tertiary/aromatic N) is 3. The summed E-state index contributed by atoms with van der Waals surface area (Å²) in [7, 11) is 0. The third-order valence-corrected chi connectivity index (χ3v) is 3.59. The number of hydrogen-bond acceptors (Lipinski definition) is 4. The number of aliphatic hydroxyl groups is 1. The predicted octanol–water partition coefficient (Wildman–Crippen LogP) is 0.219. The van der Waals surface area contributed by atoms with Crippen molar-refractivity contribution in [3.63, 3.8) is 0 Å². The van der Waals surface area contributed by atoms with Gasteiger partial charge in [0.05, 0.1) is 11.9 Å². The van der Waals surface area contributed by atoms with E-state index < -0.39 is 5.60 Å². The Morgan fingerprint density at radius 2 is 2.32 bits per heavy atom. The number of hydrogen-bond donors (Lipinski definition) is 2. The molecular formula is C13H22N4O2. The maximum absolute atomic E-state index is 12.3.